The molecule has 0 N–H and O–H groups in total. The first kappa shape index (κ1) is 20.9. The molecule has 3 aromatic rings. The van der Waals surface area contributed by atoms with Crippen molar-refractivity contribution in [3.63, 3.8) is 0 Å². The van der Waals surface area contributed by atoms with Gasteiger partial charge in [-0.2, -0.15) is 0 Å². The first-order chi connectivity index (χ1) is 13.2. The van der Waals surface area contributed by atoms with Gasteiger partial charge in [0, 0.05) is 10.0 Å². The summed E-state index contributed by atoms with van der Waals surface area (Å²) in [5.74, 6) is -0.454. The molecule has 0 saturated carbocycles. The maximum Gasteiger partial charge on any atom is 0.573 e. The van der Waals surface area contributed by atoms with E-state index in [0.29, 0.717) is 10.6 Å². The maximum absolute atomic E-state index is 12.8. The molecule has 0 aliphatic rings. The smallest absolute Gasteiger partial charge is 0.406 e. The molecule has 0 aliphatic carbocycles. The second kappa shape index (κ2) is 8.30. The van der Waals surface area contributed by atoms with Gasteiger partial charge in [0.15, 0.2) is 0 Å². The molecule has 3 rings (SSSR count). The maximum atomic E-state index is 12.8. The van der Waals surface area contributed by atoms with E-state index in [2.05, 4.69) is 20.7 Å². The normalized spacial score (nSPS) is 12.3. The molecule has 4 nitrogen and oxygen atoms in total. The van der Waals surface area contributed by atoms with Crippen molar-refractivity contribution in [3.8, 4) is 5.75 Å². The zero-order chi connectivity index (χ0) is 20.4. The molecule has 0 amide bonds. The highest BCUT2D eigenvalue weighted by atomic mass is 79.9. The van der Waals surface area contributed by atoms with Crippen LogP contribution in [0, 0.1) is 0 Å². The highest BCUT2D eigenvalue weighted by Crippen LogP contribution is 2.35. The lowest BCUT2D eigenvalue weighted by molar-refractivity contribution is -0.274. The molecular weight excluding hydrogens is 479 g/mol. The molecule has 0 bridgehead atoms. The number of thiophene rings is 1. The number of benzene rings is 2. The second-order valence-corrected chi connectivity index (χ2v) is 9.69. The Morgan fingerprint density at radius 1 is 1.07 bits per heavy atom. The third kappa shape index (κ3) is 5.18. The van der Waals surface area contributed by atoms with Gasteiger partial charge in [-0.25, -0.2) is 8.42 Å². The number of hydrogen-bond acceptors (Lipinski definition) is 4. The van der Waals surface area contributed by atoms with Crippen molar-refractivity contribution in [2.75, 3.05) is 15.4 Å². The number of ether oxygens (including phenoxy) is 1. The van der Waals surface area contributed by atoms with Crippen LogP contribution in [0.25, 0.3) is 10.1 Å². The predicted octanol–water partition coefficient (Wildman–Crippen LogP) is 5.53. The molecule has 150 valence electrons. The molecule has 0 spiro atoms. The Hall–Kier alpha value is -1.78. The van der Waals surface area contributed by atoms with E-state index in [1.807, 2.05) is 24.3 Å². The van der Waals surface area contributed by atoms with Crippen molar-refractivity contribution < 1.29 is 26.3 Å². The SMILES string of the molecule is O=S(=O)(CCBr)N(Cc1ccc(OC(F)(F)F)cc1)c1cc2ccccc2s1. The van der Waals surface area contributed by atoms with E-state index in [0.717, 1.165) is 10.1 Å². The minimum absolute atomic E-state index is 0.00839. The lowest BCUT2D eigenvalue weighted by atomic mass is 10.2. The van der Waals surface area contributed by atoms with Crippen molar-refractivity contribution in [2.24, 2.45) is 0 Å². The van der Waals surface area contributed by atoms with Crippen molar-refractivity contribution >= 4 is 52.4 Å². The summed E-state index contributed by atoms with van der Waals surface area (Å²) in [6, 6.07) is 14.5. The number of sulfonamides is 1. The average Bonchev–Trinajstić information content (AvgIpc) is 3.03. The Labute approximate surface area is 172 Å². The standard InChI is InChI=1S/C18H15BrF3NO3S2/c19-9-10-28(24,25)23(17-11-14-3-1-2-4-16(14)27-17)12-13-5-7-15(8-6-13)26-18(20,21)22/h1-8,11H,9-10,12H2. The summed E-state index contributed by atoms with van der Waals surface area (Å²) in [5, 5.41) is 1.75. The number of hydrogen-bond donors (Lipinski definition) is 0. The highest BCUT2D eigenvalue weighted by molar-refractivity contribution is 9.09. The third-order valence-electron chi connectivity index (χ3n) is 3.81. The van der Waals surface area contributed by atoms with Crippen LogP contribution < -0.4 is 9.04 Å². The van der Waals surface area contributed by atoms with Crippen molar-refractivity contribution in [1.29, 1.82) is 0 Å². The first-order valence-corrected chi connectivity index (χ1v) is 11.6. The summed E-state index contributed by atoms with van der Waals surface area (Å²) >= 11 is 4.50. The monoisotopic (exact) mass is 493 g/mol. The number of anilines is 1. The van der Waals surface area contributed by atoms with Crippen LogP contribution in [0.5, 0.6) is 5.75 Å². The third-order valence-corrected chi connectivity index (χ3v) is 7.71. The summed E-state index contributed by atoms with van der Waals surface area (Å²) in [6.07, 6.45) is -4.77. The summed E-state index contributed by atoms with van der Waals surface area (Å²) in [4.78, 5) is 0. The highest BCUT2D eigenvalue weighted by Gasteiger charge is 2.31. The van der Waals surface area contributed by atoms with Gasteiger partial charge in [-0.05, 0) is 35.2 Å². The van der Waals surface area contributed by atoms with Crippen LogP contribution in [0.4, 0.5) is 18.2 Å². The molecule has 0 fully saturated rings. The molecule has 2 aromatic carbocycles. The van der Waals surface area contributed by atoms with E-state index >= 15 is 0 Å². The zero-order valence-electron chi connectivity index (χ0n) is 14.3. The molecular formula is C18H15BrF3NO3S2. The summed E-state index contributed by atoms with van der Waals surface area (Å²) < 4.78 is 68.6. The molecule has 10 heteroatoms. The molecule has 1 heterocycles. The molecule has 28 heavy (non-hydrogen) atoms. The van der Waals surface area contributed by atoms with E-state index in [-0.39, 0.29) is 23.4 Å². The van der Waals surface area contributed by atoms with E-state index in [1.54, 1.807) is 6.07 Å². The lowest BCUT2D eigenvalue weighted by Gasteiger charge is -2.22. The molecule has 0 unspecified atom stereocenters. The Bertz CT molecular complexity index is 1020. The zero-order valence-corrected chi connectivity index (χ0v) is 17.5. The van der Waals surface area contributed by atoms with Gasteiger partial charge < -0.3 is 4.74 Å². The van der Waals surface area contributed by atoms with Crippen molar-refractivity contribution in [3.05, 3.63) is 60.2 Å². The van der Waals surface area contributed by atoms with Crippen molar-refractivity contribution in [2.45, 2.75) is 12.9 Å². The Balaban J connectivity index is 1.91. The Morgan fingerprint density at radius 3 is 2.36 bits per heavy atom. The fourth-order valence-electron chi connectivity index (χ4n) is 2.57. The molecule has 0 aliphatic heterocycles. The number of rotatable bonds is 7. The van der Waals surface area contributed by atoms with Crippen LogP contribution in [0.2, 0.25) is 0 Å². The number of halogens is 4. The van der Waals surface area contributed by atoms with Crippen LogP contribution in [-0.4, -0.2) is 25.9 Å². The van der Waals surface area contributed by atoms with Crippen LogP contribution >= 0.6 is 27.3 Å². The Kier molecular flexibility index (Phi) is 6.21. The van der Waals surface area contributed by atoms with Crippen molar-refractivity contribution in [1.82, 2.24) is 0 Å². The predicted molar refractivity (Wildman–Crippen MR) is 109 cm³/mol. The summed E-state index contributed by atoms with van der Waals surface area (Å²) in [5.41, 5.74) is 0.546. The van der Waals surface area contributed by atoms with Gasteiger partial charge in [0.2, 0.25) is 10.0 Å². The van der Waals surface area contributed by atoms with Crippen LogP contribution in [-0.2, 0) is 16.6 Å². The Morgan fingerprint density at radius 2 is 1.75 bits per heavy atom. The van der Waals surface area contributed by atoms with Gasteiger partial charge in [0.1, 0.15) is 10.8 Å². The fourth-order valence-corrected chi connectivity index (χ4v) is 6.31. The van der Waals surface area contributed by atoms with E-state index in [1.165, 1.54) is 39.9 Å². The second-order valence-electron chi connectivity index (χ2n) is 5.83. The molecule has 0 atom stereocenters. The van der Waals surface area contributed by atoms with E-state index < -0.39 is 16.4 Å². The van der Waals surface area contributed by atoms with Gasteiger partial charge in [-0.15, -0.1) is 24.5 Å². The van der Waals surface area contributed by atoms with Crippen LogP contribution in [0.1, 0.15) is 5.56 Å². The van der Waals surface area contributed by atoms with Gasteiger partial charge >= 0.3 is 6.36 Å². The minimum atomic E-state index is -4.77. The van der Waals surface area contributed by atoms with Crippen LogP contribution in [0.3, 0.4) is 0 Å². The van der Waals surface area contributed by atoms with Gasteiger partial charge in [-0.1, -0.05) is 46.3 Å². The number of fused-ring (bicyclic) bond motifs is 1. The topological polar surface area (TPSA) is 46.6 Å². The van der Waals surface area contributed by atoms with Gasteiger partial charge in [-0.3, -0.25) is 4.31 Å². The molecule has 1 aromatic heterocycles. The summed E-state index contributed by atoms with van der Waals surface area (Å²) in [6.45, 7) is 0.00839. The van der Waals surface area contributed by atoms with E-state index in [4.69, 9.17) is 0 Å². The van der Waals surface area contributed by atoms with E-state index in [9.17, 15) is 21.6 Å². The number of alkyl halides is 4. The largest absolute Gasteiger partial charge is 0.573 e. The minimum Gasteiger partial charge on any atom is -0.406 e. The quantitative estimate of drug-likeness (QED) is 0.406. The number of nitrogens with zero attached hydrogens (tertiary/aromatic N) is 1. The van der Waals surface area contributed by atoms with Gasteiger partial charge in [0.25, 0.3) is 0 Å². The van der Waals surface area contributed by atoms with Gasteiger partial charge in [0.05, 0.1) is 12.3 Å². The van der Waals surface area contributed by atoms with Crippen LogP contribution in [0.15, 0.2) is 54.6 Å². The molecule has 0 saturated heterocycles. The fraction of sp³-hybridized carbons (Fsp3) is 0.222. The first-order valence-electron chi connectivity index (χ1n) is 8.07. The molecule has 0 radical (unpaired) electrons. The average molecular weight is 494 g/mol. The lowest BCUT2D eigenvalue weighted by Crippen LogP contribution is -2.32. The summed E-state index contributed by atoms with van der Waals surface area (Å²) in [7, 11) is -3.62.